The molecule has 4 heteroatoms. The second kappa shape index (κ2) is 13.1. The van der Waals surface area contributed by atoms with Gasteiger partial charge in [-0.05, 0) is 55.5 Å². The molecule has 0 fully saturated rings. The van der Waals surface area contributed by atoms with E-state index in [0.717, 1.165) is 0 Å². The number of benzene rings is 3. The summed E-state index contributed by atoms with van der Waals surface area (Å²) in [5.74, 6) is 0. The van der Waals surface area contributed by atoms with Gasteiger partial charge in [-0.1, -0.05) is 67.9 Å². The Bertz CT molecular complexity index is 626. The minimum atomic E-state index is -1.57. The molecule has 3 aromatic carbocycles. The van der Waals surface area contributed by atoms with Gasteiger partial charge in [0.15, 0.2) is 0 Å². The number of halogens is 2. The molecule has 0 bridgehead atoms. The van der Waals surface area contributed by atoms with E-state index in [4.69, 9.17) is 0 Å². The third kappa shape index (κ3) is 5.65. The summed E-state index contributed by atoms with van der Waals surface area (Å²) >= 11 is 4.87. The molecule has 0 N–H and O–H groups in total. The van der Waals surface area contributed by atoms with E-state index >= 15 is 0 Å². The first-order chi connectivity index (χ1) is 12.4. The molecule has 138 valence electrons. The number of hydrogen-bond acceptors (Lipinski definition) is 0. The molecule has 0 saturated heterocycles. The van der Waals surface area contributed by atoms with Crippen LogP contribution in [-0.4, -0.2) is 6.16 Å². The van der Waals surface area contributed by atoms with E-state index in [1.165, 1.54) is 34.9 Å². The van der Waals surface area contributed by atoms with Crippen LogP contribution in [0.2, 0.25) is 0 Å². The summed E-state index contributed by atoms with van der Waals surface area (Å²) in [7, 11) is -1.57. The maximum absolute atomic E-state index is 2.91. The maximum atomic E-state index is 2.91. The Balaban J connectivity index is 0.00000109. The Hall–Kier alpha value is -0.206. The molecule has 0 aliphatic heterocycles. The van der Waals surface area contributed by atoms with Crippen LogP contribution in [-0.2, 0) is 16.5 Å². The van der Waals surface area contributed by atoms with Gasteiger partial charge >= 0.3 is 16.5 Å². The van der Waals surface area contributed by atoms with Crippen molar-refractivity contribution in [2.45, 2.75) is 19.8 Å². The minimum Gasteiger partial charge on any atom is -0.0652 e. The number of rotatable bonds is 6. The smallest absolute Gasteiger partial charge is 0.0652 e. The Morgan fingerprint density at radius 2 is 0.962 bits per heavy atom. The molecular formula is C22H24BrINiP+3. The molecule has 0 saturated carbocycles. The van der Waals surface area contributed by atoms with Crippen molar-refractivity contribution in [3.8, 4) is 0 Å². The fourth-order valence-electron chi connectivity index (χ4n) is 3.28. The zero-order chi connectivity index (χ0) is 18.0. The molecule has 0 nitrogen and oxygen atoms in total. The molecular weight excluding hydrogens is 561 g/mol. The molecule has 3 aromatic rings. The SMILES string of the molecule is BrI.CCCC[P+](c1ccccc1)(c1ccccc1)c1ccccc1.[Ni+2]. The van der Waals surface area contributed by atoms with Crippen molar-refractivity contribution in [3.05, 3.63) is 91.0 Å². The summed E-state index contributed by atoms with van der Waals surface area (Å²) in [6, 6.07) is 33.4. The zero-order valence-corrected chi connectivity index (χ0v) is 20.4. The quantitative estimate of drug-likeness (QED) is 0.176. The Morgan fingerprint density at radius 1 is 0.654 bits per heavy atom. The van der Waals surface area contributed by atoms with Gasteiger partial charge in [-0.2, -0.15) is 0 Å². The summed E-state index contributed by atoms with van der Waals surface area (Å²) in [6.45, 7) is 2.29. The van der Waals surface area contributed by atoms with E-state index in [0.29, 0.717) is 0 Å². The third-order valence-corrected chi connectivity index (χ3v) is 8.96. The van der Waals surface area contributed by atoms with Gasteiger partial charge in [0.05, 0.1) is 6.16 Å². The van der Waals surface area contributed by atoms with Crippen molar-refractivity contribution in [2.24, 2.45) is 0 Å². The van der Waals surface area contributed by atoms with Crippen LogP contribution in [0.15, 0.2) is 91.0 Å². The van der Waals surface area contributed by atoms with Crippen LogP contribution in [0.4, 0.5) is 0 Å². The van der Waals surface area contributed by atoms with Gasteiger partial charge in [0.25, 0.3) is 0 Å². The van der Waals surface area contributed by atoms with Gasteiger partial charge in [-0.15, -0.1) is 0 Å². The van der Waals surface area contributed by atoms with Crippen LogP contribution in [0, 0.1) is 0 Å². The van der Waals surface area contributed by atoms with Crippen molar-refractivity contribution in [3.63, 3.8) is 0 Å². The van der Waals surface area contributed by atoms with Crippen molar-refractivity contribution < 1.29 is 16.5 Å². The summed E-state index contributed by atoms with van der Waals surface area (Å²) in [6.07, 6.45) is 3.72. The van der Waals surface area contributed by atoms with Crippen molar-refractivity contribution >= 4 is 56.2 Å². The van der Waals surface area contributed by atoms with E-state index in [1.807, 2.05) is 20.4 Å². The van der Waals surface area contributed by atoms with Crippen LogP contribution >= 0.6 is 40.3 Å². The molecule has 26 heavy (non-hydrogen) atoms. The van der Waals surface area contributed by atoms with Crippen LogP contribution in [0.1, 0.15) is 19.8 Å². The van der Waals surface area contributed by atoms with Crippen molar-refractivity contribution in [1.82, 2.24) is 0 Å². The van der Waals surface area contributed by atoms with Gasteiger partial charge in [0.2, 0.25) is 0 Å². The number of hydrogen-bond donors (Lipinski definition) is 0. The van der Waals surface area contributed by atoms with Gasteiger partial charge in [0.1, 0.15) is 23.2 Å². The average Bonchev–Trinajstić information content (AvgIpc) is 2.72. The van der Waals surface area contributed by atoms with E-state index < -0.39 is 7.26 Å². The minimum absolute atomic E-state index is 0. The summed E-state index contributed by atoms with van der Waals surface area (Å²) in [4.78, 5) is 0. The average molecular weight is 585 g/mol. The molecule has 0 aliphatic rings. The van der Waals surface area contributed by atoms with Crippen LogP contribution in [0.25, 0.3) is 0 Å². The molecule has 0 amide bonds. The van der Waals surface area contributed by atoms with Crippen LogP contribution in [0.3, 0.4) is 0 Å². The third-order valence-electron chi connectivity index (χ3n) is 4.44. The zero-order valence-electron chi connectivity index (χ0n) is 14.8. The second-order valence-electron chi connectivity index (χ2n) is 5.89. The molecule has 0 radical (unpaired) electrons. The van der Waals surface area contributed by atoms with Crippen LogP contribution < -0.4 is 15.9 Å². The molecule has 0 aliphatic carbocycles. The molecule has 3 rings (SSSR count). The predicted octanol–water partition coefficient (Wildman–Crippen LogP) is 6.51. The normalized spacial score (nSPS) is 10.3. The first-order valence-electron chi connectivity index (χ1n) is 8.57. The molecule has 0 spiro atoms. The molecule has 0 aromatic heterocycles. The first kappa shape index (κ1) is 23.8. The topological polar surface area (TPSA) is 0 Å². The van der Waals surface area contributed by atoms with Gasteiger partial charge in [-0.25, -0.2) is 0 Å². The van der Waals surface area contributed by atoms with Crippen LogP contribution in [0.5, 0.6) is 0 Å². The number of unbranched alkanes of at least 4 members (excludes halogenated alkanes) is 1. The molecule has 0 atom stereocenters. The van der Waals surface area contributed by atoms with Crippen molar-refractivity contribution in [2.75, 3.05) is 6.16 Å². The van der Waals surface area contributed by atoms with Gasteiger partial charge < -0.3 is 0 Å². The Morgan fingerprint density at radius 3 is 1.23 bits per heavy atom. The van der Waals surface area contributed by atoms with Gasteiger partial charge in [-0.3, -0.25) is 0 Å². The monoisotopic (exact) mass is 583 g/mol. The Kier molecular flexibility index (Phi) is 12.0. The largest absolute Gasteiger partial charge is 2.00 e. The maximum Gasteiger partial charge on any atom is 2.00 e. The fourth-order valence-corrected chi connectivity index (χ4v) is 7.78. The standard InChI is InChI=1S/C22H24P.BrI.Ni/c1-2-3-19-23(20-13-7-4-8-14-20,21-15-9-5-10-16-21)22-17-11-6-12-18-22;1-2;/h4-18H,2-3,19H2,1H3;;/q+1;;+2. The first-order valence-corrected chi connectivity index (χ1v) is 15.4. The van der Waals surface area contributed by atoms with E-state index in [9.17, 15) is 0 Å². The van der Waals surface area contributed by atoms with E-state index in [-0.39, 0.29) is 16.5 Å². The summed E-state index contributed by atoms with van der Waals surface area (Å²) in [5, 5.41) is 4.47. The molecule has 0 unspecified atom stereocenters. The summed E-state index contributed by atoms with van der Waals surface area (Å²) in [5.41, 5.74) is 0. The van der Waals surface area contributed by atoms with E-state index in [2.05, 4.69) is 111 Å². The summed E-state index contributed by atoms with van der Waals surface area (Å²) < 4.78 is 0. The predicted molar refractivity (Wildman–Crippen MR) is 128 cm³/mol. The van der Waals surface area contributed by atoms with Gasteiger partial charge in [0, 0.05) is 20.4 Å². The van der Waals surface area contributed by atoms with Crippen molar-refractivity contribution in [1.29, 1.82) is 0 Å². The second-order valence-corrected chi connectivity index (χ2v) is 9.51. The molecule has 0 heterocycles. The fraction of sp³-hybridized carbons (Fsp3) is 0.182. The Labute approximate surface area is 188 Å². The van der Waals surface area contributed by atoms with E-state index in [1.54, 1.807) is 0 Å².